The summed E-state index contributed by atoms with van der Waals surface area (Å²) in [6.45, 7) is 5.34. The highest BCUT2D eigenvalue weighted by molar-refractivity contribution is 5.35. The summed E-state index contributed by atoms with van der Waals surface area (Å²) in [4.78, 5) is 0. The molecule has 0 aromatic heterocycles. The van der Waals surface area contributed by atoms with E-state index < -0.39 is 0 Å². The van der Waals surface area contributed by atoms with Crippen molar-refractivity contribution in [2.75, 3.05) is 13.7 Å². The maximum absolute atomic E-state index is 5.80. The fourth-order valence-electron chi connectivity index (χ4n) is 2.35. The fraction of sp³-hybridized carbons (Fsp3) is 0.571. The topological polar surface area (TPSA) is 21.3 Å². The van der Waals surface area contributed by atoms with Crippen molar-refractivity contribution in [3.05, 3.63) is 29.8 Å². The van der Waals surface area contributed by atoms with Crippen LogP contribution in [-0.4, -0.2) is 19.2 Å². The lowest BCUT2D eigenvalue weighted by atomic mass is 9.85. The molecule has 0 bridgehead atoms. The van der Waals surface area contributed by atoms with Crippen molar-refractivity contribution in [1.82, 2.24) is 5.32 Å². The average Bonchev–Trinajstić information content (AvgIpc) is 2.28. The third-order valence-corrected chi connectivity index (χ3v) is 3.43. The molecule has 2 heteroatoms. The van der Waals surface area contributed by atoms with Crippen LogP contribution in [0.4, 0.5) is 0 Å². The first kappa shape index (κ1) is 11.5. The zero-order valence-corrected chi connectivity index (χ0v) is 10.4. The second-order valence-electron chi connectivity index (χ2n) is 5.33. The van der Waals surface area contributed by atoms with Crippen LogP contribution in [0.15, 0.2) is 24.3 Å². The van der Waals surface area contributed by atoms with E-state index in [0.717, 1.165) is 25.2 Å². The zero-order chi connectivity index (χ0) is 11.6. The van der Waals surface area contributed by atoms with Crippen molar-refractivity contribution in [2.24, 2.45) is 5.92 Å². The molecule has 0 radical (unpaired) electrons. The van der Waals surface area contributed by atoms with Crippen molar-refractivity contribution in [3.8, 4) is 5.75 Å². The van der Waals surface area contributed by atoms with E-state index in [-0.39, 0.29) is 5.54 Å². The number of hydrogen-bond donors (Lipinski definition) is 1. The summed E-state index contributed by atoms with van der Waals surface area (Å²) in [6, 6.07) is 8.37. The van der Waals surface area contributed by atoms with Crippen LogP contribution in [0.3, 0.4) is 0 Å². The third kappa shape index (κ3) is 2.56. The summed E-state index contributed by atoms with van der Waals surface area (Å²) >= 11 is 0. The van der Waals surface area contributed by atoms with Gasteiger partial charge < -0.3 is 10.1 Å². The molecular formula is C14H21NO. The summed E-state index contributed by atoms with van der Waals surface area (Å²) < 4.78 is 5.80. The maximum Gasteiger partial charge on any atom is 0.122 e. The summed E-state index contributed by atoms with van der Waals surface area (Å²) in [5.74, 6) is 1.69. The Bertz CT molecular complexity index is 360. The van der Waals surface area contributed by atoms with Crippen LogP contribution in [-0.2, 0) is 6.42 Å². The largest absolute Gasteiger partial charge is 0.493 e. The first-order valence-electron chi connectivity index (χ1n) is 6.00. The molecule has 88 valence electrons. The van der Waals surface area contributed by atoms with Gasteiger partial charge in [0.15, 0.2) is 0 Å². The van der Waals surface area contributed by atoms with Gasteiger partial charge in [-0.05, 0) is 51.3 Å². The summed E-state index contributed by atoms with van der Waals surface area (Å²) in [7, 11) is 2.03. The van der Waals surface area contributed by atoms with E-state index in [1.165, 1.54) is 5.56 Å². The number of fused-ring (bicyclic) bond motifs is 1. The van der Waals surface area contributed by atoms with Gasteiger partial charge in [-0.2, -0.15) is 0 Å². The van der Waals surface area contributed by atoms with Gasteiger partial charge in [0, 0.05) is 5.54 Å². The maximum atomic E-state index is 5.80. The molecule has 0 fully saturated rings. The number of rotatable bonds is 3. The van der Waals surface area contributed by atoms with E-state index in [9.17, 15) is 0 Å². The highest BCUT2D eigenvalue weighted by atomic mass is 16.5. The Labute approximate surface area is 98.0 Å². The molecule has 16 heavy (non-hydrogen) atoms. The van der Waals surface area contributed by atoms with Gasteiger partial charge in [0.25, 0.3) is 0 Å². The highest BCUT2D eigenvalue weighted by Crippen LogP contribution is 2.30. The van der Waals surface area contributed by atoms with Gasteiger partial charge in [0.2, 0.25) is 0 Å². The van der Waals surface area contributed by atoms with E-state index in [1.54, 1.807) is 0 Å². The standard InChI is InChI=1S/C14H21NO/c1-14(2,15-3)9-11-8-12-6-4-5-7-13(12)16-10-11/h4-7,11,15H,8-10H2,1-3H3. The molecular weight excluding hydrogens is 198 g/mol. The Kier molecular flexibility index (Phi) is 3.20. The molecule has 2 rings (SSSR count). The fourth-order valence-corrected chi connectivity index (χ4v) is 2.35. The van der Waals surface area contributed by atoms with Gasteiger partial charge in [-0.3, -0.25) is 0 Å². The van der Waals surface area contributed by atoms with Gasteiger partial charge in [-0.25, -0.2) is 0 Å². The van der Waals surface area contributed by atoms with E-state index in [1.807, 2.05) is 13.1 Å². The predicted molar refractivity (Wildman–Crippen MR) is 66.9 cm³/mol. The van der Waals surface area contributed by atoms with Gasteiger partial charge in [0.1, 0.15) is 5.75 Å². The number of nitrogens with one attached hydrogen (secondary N) is 1. The Hall–Kier alpha value is -1.02. The second-order valence-corrected chi connectivity index (χ2v) is 5.33. The molecule has 1 heterocycles. The van der Waals surface area contributed by atoms with Crippen LogP contribution in [0.1, 0.15) is 25.8 Å². The molecule has 1 aliphatic rings. The van der Waals surface area contributed by atoms with Crippen LogP contribution in [0.5, 0.6) is 5.75 Å². The lowest BCUT2D eigenvalue weighted by Crippen LogP contribution is -2.40. The minimum absolute atomic E-state index is 0.195. The lowest BCUT2D eigenvalue weighted by Gasteiger charge is -2.32. The Morgan fingerprint density at radius 3 is 2.88 bits per heavy atom. The predicted octanol–water partition coefficient (Wildman–Crippen LogP) is 2.63. The summed E-state index contributed by atoms with van der Waals surface area (Å²) in [5.41, 5.74) is 1.55. The molecule has 0 amide bonds. The molecule has 1 aromatic carbocycles. The van der Waals surface area contributed by atoms with Crippen LogP contribution < -0.4 is 10.1 Å². The second kappa shape index (κ2) is 4.46. The van der Waals surface area contributed by atoms with E-state index in [2.05, 4.69) is 37.4 Å². The van der Waals surface area contributed by atoms with Gasteiger partial charge in [0.05, 0.1) is 6.61 Å². The lowest BCUT2D eigenvalue weighted by molar-refractivity contribution is 0.184. The molecule has 1 aromatic rings. The van der Waals surface area contributed by atoms with Gasteiger partial charge in [-0.15, -0.1) is 0 Å². The molecule has 0 saturated carbocycles. The molecule has 1 aliphatic heterocycles. The van der Waals surface area contributed by atoms with Gasteiger partial charge in [-0.1, -0.05) is 18.2 Å². The first-order valence-corrected chi connectivity index (χ1v) is 6.00. The number of benzene rings is 1. The van der Waals surface area contributed by atoms with Crippen molar-refractivity contribution < 1.29 is 4.74 Å². The van der Waals surface area contributed by atoms with Crippen molar-refractivity contribution >= 4 is 0 Å². The van der Waals surface area contributed by atoms with Crippen LogP contribution in [0.2, 0.25) is 0 Å². The van der Waals surface area contributed by atoms with Crippen LogP contribution in [0.25, 0.3) is 0 Å². The van der Waals surface area contributed by atoms with Crippen LogP contribution >= 0.6 is 0 Å². The highest BCUT2D eigenvalue weighted by Gasteiger charge is 2.25. The van der Waals surface area contributed by atoms with E-state index >= 15 is 0 Å². The van der Waals surface area contributed by atoms with Crippen molar-refractivity contribution in [2.45, 2.75) is 32.2 Å². The van der Waals surface area contributed by atoms with Crippen LogP contribution in [0, 0.1) is 5.92 Å². The third-order valence-electron chi connectivity index (χ3n) is 3.43. The minimum atomic E-state index is 0.195. The average molecular weight is 219 g/mol. The monoisotopic (exact) mass is 219 g/mol. The number of para-hydroxylation sites is 1. The molecule has 1 atom stereocenters. The molecule has 0 aliphatic carbocycles. The normalized spacial score (nSPS) is 20.1. The molecule has 1 N–H and O–H groups in total. The Morgan fingerprint density at radius 2 is 2.12 bits per heavy atom. The Morgan fingerprint density at radius 1 is 1.38 bits per heavy atom. The molecule has 0 saturated heterocycles. The van der Waals surface area contributed by atoms with Gasteiger partial charge >= 0.3 is 0 Å². The summed E-state index contributed by atoms with van der Waals surface area (Å²) in [5, 5.41) is 3.36. The molecule has 0 spiro atoms. The zero-order valence-electron chi connectivity index (χ0n) is 10.4. The van der Waals surface area contributed by atoms with Crippen molar-refractivity contribution in [3.63, 3.8) is 0 Å². The smallest absolute Gasteiger partial charge is 0.122 e. The number of ether oxygens (including phenoxy) is 1. The van der Waals surface area contributed by atoms with E-state index in [4.69, 9.17) is 4.74 Å². The van der Waals surface area contributed by atoms with E-state index in [0.29, 0.717) is 5.92 Å². The number of hydrogen-bond acceptors (Lipinski definition) is 2. The quantitative estimate of drug-likeness (QED) is 0.843. The minimum Gasteiger partial charge on any atom is -0.493 e. The summed E-state index contributed by atoms with van der Waals surface area (Å²) in [6.07, 6.45) is 2.29. The molecule has 2 nitrogen and oxygen atoms in total. The molecule has 1 unspecified atom stereocenters. The Balaban J connectivity index is 2.03. The first-order chi connectivity index (χ1) is 7.61. The SMILES string of the molecule is CNC(C)(C)CC1COc2ccccc2C1. The van der Waals surface area contributed by atoms with Crippen molar-refractivity contribution in [1.29, 1.82) is 0 Å².